The maximum absolute atomic E-state index is 13.2. The molecule has 150 valence electrons. The van der Waals surface area contributed by atoms with Crippen molar-refractivity contribution in [2.45, 2.75) is 13.3 Å². The number of aryl methyl sites for hydroxylation is 2. The molecule has 0 aliphatic heterocycles. The van der Waals surface area contributed by atoms with Crippen LogP contribution < -0.4 is 10.9 Å². The molecule has 8 heteroatoms. The second-order valence-corrected chi connectivity index (χ2v) is 7.63. The van der Waals surface area contributed by atoms with Gasteiger partial charge in [0, 0.05) is 18.2 Å². The van der Waals surface area contributed by atoms with Crippen molar-refractivity contribution in [2.24, 2.45) is 7.05 Å². The van der Waals surface area contributed by atoms with Gasteiger partial charge < -0.3 is 0 Å². The molecule has 0 atom stereocenters. The van der Waals surface area contributed by atoms with E-state index in [1.165, 1.54) is 16.0 Å². The zero-order valence-electron chi connectivity index (χ0n) is 16.5. The van der Waals surface area contributed by atoms with Crippen LogP contribution in [0, 0.1) is 0 Å². The SMILES string of the molecule is CCc1nnc(NC(=O)c2c(-c3ccccc3)c(-c3ccccc3)nn(C)c2=O)s1. The van der Waals surface area contributed by atoms with E-state index in [1.807, 2.05) is 67.6 Å². The average Bonchev–Trinajstić information content (AvgIpc) is 3.23. The molecule has 0 saturated heterocycles. The molecule has 0 bridgehead atoms. The number of nitrogens with one attached hydrogen (secondary N) is 1. The summed E-state index contributed by atoms with van der Waals surface area (Å²) in [7, 11) is 1.54. The standard InChI is InChI=1S/C22H19N5O2S/c1-3-16-24-25-22(30-16)23-20(28)18-17(14-10-6-4-7-11-14)19(26-27(2)21(18)29)15-12-8-5-9-13-15/h4-13H,3H2,1-2H3,(H,23,25,28). The first-order chi connectivity index (χ1) is 14.6. The lowest BCUT2D eigenvalue weighted by Gasteiger charge is -2.15. The van der Waals surface area contributed by atoms with Crippen molar-refractivity contribution in [1.82, 2.24) is 20.0 Å². The summed E-state index contributed by atoms with van der Waals surface area (Å²) < 4.78 is 1.20. The number of carbonyl (C=O) groups is 1. The zero-order valence-corrected chi connectivity index (χ0v) is 17.3. The molecule has 0 radical (unpaired) electrons. The lowest BCUT2D eigenvalue weighted by atomic mass is 9.95. The normalized spacial score (nSPS) is 10.7. The molecule has 2 aromatic heterocycles. The number of nitrogens with zero attached hydrogens (tertiary/aromatic N) is 4. The summed E-state index contributed by atoms with van der Waals surface area (Å²) in [4.78, 5) is 26.3. The van der Waals surface area contributed by atoms with Gasteiger partial charge in [-0.1, -0.05) is 78.9 Å². The van der Waals surface area contributed by atoms with Crippen molar-refractivity contribution in [2.75, 3.05) is 5.32 Å². The number of hydrogen-bond donors (Lipinski definition) is 1. The Bertz CT molecular complexity index is 1250. The molecule has 1 amide bonds. The third-order valence-electron chi connectivity index (χ3n) is 4.57. The second-order valence-electron chi connectivity index (χ2n) is 6.57. The molecule has 30 heavy (non-hydrogen) atoms. The van der Waals surface area contributed by atoms with E-state index in [-0.39, 0.29) is 5.56 Å². The predicted octanol–water partition coefficient (Wildman–Crippen LogP) is 3.78. The van der Waals surface area contributed by atoms with E-state index in [0.717, 1.165) is 22.6 Å². The number of hydrogen-bond acceptors (Lipinski definition) is 6. The van der Waals surface area contributed by atoms with Crippen LogP contribution in [0.15, 0.2) is 65.5 Å². The summed E-state index contributed by atoms with van der Waals surface area (Å²) in [6.45, 7) is 1.96. The molecule has 7 nitrogen and oxygen atoms in total. The number of rotatable bonds is 5. The number of benzene rings is 2. The molecule has 4 rings (SSSR count). The highest BCUT2D eigenvalue weighted by atomic mass is 32.1. The van der Waals surface area contributed by atoms with Crippen LogP contribution in [0.5, 0.6) is 0 Å². The van der Waals surface area contributed by atoms with Crippen LogP contribution in [0.25, 0.3) is 22.4 Å². The first kappa shape index (κ1) is 19.7. The summed E-state index contributed by atoms with van der Waals surface area (Å²) >= 11 is 1.29. The van der Waals surface area contributed by atoms with Crippen LogP contribution in [-0.2, 0) is 13.5 Å². The lowest BCUT2D eigenvalue weighted by molar-refractivity contribution is 0.102. The van der Waals surface area contributed by atoms with Gasteiger partial charge in [-0.25, -0.2) is 4.68 Å². The maximum Gasteiger partial charge on any atom is 0.280 e. The monoisotopic (exact) mass is 417 g/mol. The van der Waals surface area contributed by atoms with E-state index in [9.17, 15) is 9.59 Å². The van der Waals surface area contributed by atoms with E-state index in [0.29, 0.717) is 16.4 Å². The molecule has 2 heterocycles. The third-order valence-corrected chi connectivity index (χ3v) is 5.55. The minimum absolute atomic E-state index is 0.0193. The number of amides is 1. The van der Waals surface area contributed by atoms with Crippen LogP contribution in [0.3, 0.4) is 0 Å². The zero-order chi connectivity index (χ0) is 21.1. The largest absolute Gasteiger partial charge is 0.296 e. The summed E-state index contributed by atoms with van der Waals surface area (Å²) in [5.74, 6) is -0.534. The molecule has 0 aliphatic rings. The van der Waals surface area contributed by atoms with E-state index in [2.05, 4.69) is 20.6 Å². The van der Waals surface area contributed by atoms with E-state index < -0.39 is 11.5 Å². The molecule has 0 spiro atoms. The number of carbonyl (C=O) groups excluding carboxylic acids is 1. The fourth-order valence-electron chi connectivity index (χ4n) is 3.13. The molecular weight excluding hydrogens is 398 g/mol. The molecule has 0 unspecified atom stereocenters. The minimum Gasteiger partial charge on any atom is -0.296 e. The van der Waals surface area contributed by atoms with Gasteiger partial charge in [0.15, 0.2) is 0 Å². The lowest BCUT2D eigenvalue weighted by Crippen LogP contribution is -2.31. The Labute approximate surface area is 177 Å². The predicted molar refractivity (Wildman–Crippen MR) is 118 cm³/mol. The van der Waals surface area contributed by atoms with E-state index in [1.54, 1.807) is 7.05 Å². The first-order valence-corrected chi connectivity index (χ1v) is 10.3. The Morgan fingerprint density at radius 1 is 1.00 bits per heavy atom. The molecule has 0 fully saturated rings. The van der Waals surface area contributed by atoms with Crippen LogP contribution in [0.2, 0.25) is 0 Å². The van der Waals surface area contributed by atoms with Gasteiger partial charge in [0.25, 0.3) is 11.5 Å². The Balaban J connectivity index is 1.93. The van der Waals surface area contributed by atoms with Gasteiger partial charge in [-0.15, -0.1) is 10.2 Å². The van der Waals surface area contributed by atoms with Crippen molar-refractivity contribution < 1.29 is 4.79 Å². The van der Waals surface area contributed by atoms with Crippen LogP contribution in [0.1, 0.15) is 22.3 Å². The van der Waals surface area contributed by atoms with Gasteiger partial charge in [-0.05, 0) is 12.0 Å². The quantitative estimate of drug-likeness (QED) is 0.534. The molecular formula is C22H19N5O2S. The van der Waals surface area contributed by atoms with E-state index >= 15 is 0 Å². The summed E-state index contributed by atoms with van der Waals surface area (Å²) in [6.07, 6.45) is 0.720. The van der Waals surface area contributed by atoms with Crippen molar-refractivity contribution in [3.8, 4) is 22.4 Å². The highest BCUT2D eigenvalue weighted by Gasteiger charge is 2.25. The summed E-state index contributed by atoms with van der Waals surface area (Å²) in [5.41, 5.74) is 2.13. The molecule has 1 N–H and O–H groups in total. The Hall–Kier alpha value is -3.65. The fourth-order valence-corrected chi connectivity index (χ4v) is 3.81. The van der Waals surface area contributed by atoms with Gasteiger partial charge in [-0.3, -0.25) is 14.9 Å². The number of anilines is 1. The Morgan fingerprint density at radius 3 is 2.23 bits per heavy atom. The Morgan fingerprint density at radius 2 is 1.63 bits per heavy atom. The van der Waals surface area contributed by atoms with Crippen molar-refractivity contribution in [1.29, 1.82) is 0 Å². The van der Waals surface area contributed by atoms with Crippen LogP contribution in [0.4, 0.5) is 5.13 Å². The van der Waals surface area contributed by atoms with Crippen LogP contribution in [-0.4, -0.2) is 25.9 Å². The fraction of sp³-hybridized carbons (Fsp3) is 0.136. The third kappa shape index (κ3) is 3.77. The van der Waals surface area contributed by atoms with Gasteiger partial charge >= 0.3 is 0 Å². The number of aromatic nitrogens is 4. The van der Waals surface area contributed by atoms with Crippen LogP contribution >= 0.6 is 11.3 Å². The second kappa shape index (κ2) is 8.38. The van der Waals surface area contributed by atoms with Gasteiger partial charge in [0.1, 0.15) is 10.6 Å². The molecule has 2 aromatic carbocycles. The highest BCUT2D eigenvalue weighted by molar-refractivity contribution is 7.15. The van der Waals surface area contributed by atoms with Crippen molar-refractivity contribution in [3.63, 3.8) is 0 Å². The topological polar surface area (TPSA) is 89.8 Å². The smallest absolute Gasteiger partial charge is 0.280 e. The van der Waals surface area contributed by atoms with Gasteiger partial charge in [0.2, 0.25) is 5.13 Å². The highest BCUT2D eigenvalue weighted by Crippen LogP contribution is 2.32. The first-order valence-electron chi connectivity index (χ1n) is 9.44. The molecule has 0 saturated carbocycles. The van der Waals surface area contributed by atoms with Gasteiger partial charge in [-0.2, -0.15) is 5.10 Å². The summed E-state index contributed by atoms with van der Waals surface area (Å²) in [5, 5.41) is 16.4. The van der Waals surface area contributed by atoms with Gasteiger partial charge in [0.05, 0.1) is 5.69 Å². The van der Waals surface area contributed by atoms with Crippen molar-refractivity contribution >= 4 is 22.4 Å². The Kier molecular flexibility index (Phi) is 5.49. The van der Waals surface area contributed by atoms with Crippen molar-refractivity contribution in [3.05, 3.63) is 81.6 Å². The van der Waals surface area contributed by atoms with E-state index in [4.69, 9.17) is 0 Å². The minimum atomic E-state index is -0.534. The molecule has 0 aliphatic carbocycles. The average molecular weight is 417 g/mol. The summed E-state index contributed by atoms with van der Waals surface area (Å²) in [6, 6.07) is 18.8. The maximum atomic E-state index is 13.2. The molecule has 4 aromatic rings.